The van der Waals surface area contributed by atoms with Gasteiger partial charge < -0.3 is 9.15 Å². The average molecular weight is 451 g/mol. The Morgan fingerprint density at radius 3 is 2.63 bits per heavy atom. The third-order valence-electron chi connectivity index (χ3n) is 4.95. The molecule has 1 aliphatic rings. The van der Waals surface area contributed by atoms with Crippen LogP contribution in [0.1, 0.15) is 26.5 Å². The van der Waals surface area contributed by atoms with E-state index >= 15 is 0 Å². The minimum atomic E-state index is -3.82. The van der Waals surface area contributed by atoms with Crippen molar-refractivity contribution in [3.63, 3.8) is 0 Å². The van der Waals surface area contributed by atoms with E-state index in [1.165, 1.54) is 13.1 Å². The number of morpholine rings is 1. The molecule has 0 amide bonds. The molecule has 30 heavy (non-hydrogen) atoms. The molecule has 3 heterocycles. The topological polar surface area (TPSA) is 90.5 Å². The summed E-state index contributed by atoms with van der Waals surface area (Å²) in [5.41, 5.74) is 0.923. The second-order valence-corrected chi connectivity index (χ2v) is 10.1. The zero-order chi connectivity index (χ0) is 21.6. The van der Waals surface area contributed by atoms with Crippen molar-refractivity contribution in [2.75, 3.05) is 13.1 Å². The SMILES string of the molecule is C=C(C)S(=O)(=O)n1ncc2c(-c3ncc(CN4CC(C)OC(C)C4)o3)cc(Cl)cc21. The van der Waals surface area contributed by atoms with E-state index in [4.69, 9.17) is 20.8 Å². The number of ether oxygens (including phenoxy) is 1. The summed E-state index contributed by atoms with van der Waals surface area (Å²) in [6, 6.07) is 3.24. The molecule has 10 heteroatoms. The molecule has 0 aliphatic carbocycles. The Morgan fingerprint density at radius 2 is 1.97 bits per heavy atom. The zero-order valence-electron chi connectivity index (χ0n) is 17.0. The van der Waals surface area contributed by atoms with Crippen LogP contribution in [0.2, 0.25) is 5.02 Å². The highest BCUT2D eigenvalue weighted by Crippen LogP contribution is 2.33. The van der Waals surface area contributed by atoms with Gasteiger partial charge in [0.1, 0.15) is 5.76 Å². The normalized spacial score (nSPS) is 20.7. The van der Waals surface area contributed by atoms with Gasteiger partial charge >= 0.3 is 0 Å². The lowest BCUT2D eigenvalue weighted by molar-refractivity contribution is -0.0718. The van der Waals surface area contributed by atoms with Crippen LogP contribution in [0.5, 0.6) is 0 Å². The average Bonchev–Trinajstić information content (AvgIpc) is 3.27. The van der Waals surface area contributed by atoms with Gasteiger partial charge in [0.05, 0.1) is 41.6 Å². The van der Waals surface area contributed by atoms with Gasteiger partial charge in [-0.05, 0) is 32.9 Å². The van der Waals surface area contributed by atoms with E-state index in [1.54, 1.807) is 18.3 Å². The molecule has 1 saturated heterocycles. The lowest BCUT2D eigenvalue weighted by Crippen LogP contribution is -2.44. The fourth-order valence-electron chi connectivity index (χ4n) is 3.73. The van der Waals surface area contributed by atoms with Gasteiger partial charge in [0.25, 0.3) is 10.0 Å². The molecular weight excluding hydrogens is 428 g/mol. The van der Waals surface area contributed by atoms with E-state index in [-0.39, 0.29) is 17.1 Å². The fourth-order valence-corrected chi connectivity index (χ4v) is 4.81. The molecule has 0 spiro atoms. The minimum Gasteiger partial charge on any atom is -0.440 e. The lowest BCUT2D eigenvalue weighted by Gasteiger charge is -2.34. The number of halogens is 1. The molecule has 4 rings (SSSR count). The van der Waals surface area contributed by atoms with Gasteiger partial charge in [0.15, 0.2) is 0 Å². The molecule has 0 radical (unpaired) electrons. The molecule has 2 aromatic heterocycles. The largest absolute Gasteiger partial charge is 0.440 e. The maximum absolute atomic E-state index is 12.5. The maximum atomic E-state index is 12.5. The first-order valence-electron chi connectivity index (χ1n) is 9.56. The highest BCUT2D eigenvalue weighted by Gasteiger charge is 2.25. The molecule has 160 valence electrons. The summed E-state index contributed by atoms with van der Waals surface area (Å²) >= 11 is 6.28. The van der Waals surface area contributed by atoms with Crippen LogP contribution in [0.25, 0.3) is 22.4 Å². The molecule has 2 unspecified atom stereocenters. The van der Waals surface area contributed by atoms with Crippen LogP contribution in [0, 0.1) is 0 Å². The second kappa shape index (κ2) is 7.81. The molecular formula is C20H23ClN4O4S. The summed E-state index contributed by atoms with van der Waals surface area (Å²) < 4.78 is 37.8. The van der Waals surface area contributed by atoms with Gasteiger partial charge in [-0.1, -0.05) is 18.2 Å². The first kappa shape index (κ1) is 21.0. The maximum Gasteiger partial charge on any atom is 0.278 e. The third kappa shape index (κ3) is 3.90. The molecule has 3 aromatic rings. The van der Waals surface area contributed by atoms with Crippen molar-refractivity contribution in [1.82, 2.24) is 19.1 Å². The van der Waals surface area contributed by atoms with Gasteiger partial charge in [-0.25, -0.2) is 4.98 Å². The summed E-state index contributed by atoms with van der Waals surface area (Å²) in [6.45, 7) is 11.3. The number of fused-ring (bicyclic) bond motifs is 1. The first-order chi connectivity index (χ1) is 14.1. The molecule has 1 fully saturated rings. The van der Waals surface area contributed by atoms with Gasteiger partial charge in [-0.15, -0.1) is 0 Å². The van der Waals surface area contributed by atoms with E-state index in [9.17, 15) is 8.42 Å². The highest BCUT2D eigenvalue weighted by molar-refractivity contribution is 7.93. The van der Waals surface area contributed by atoms with Crippen LogP contribution in [-0.4, -0.2) is 52.8 Å². The Kier molecular flexibility index (Phi) is 5.48. The van der Waals surface area contributed by atoms with Gasteiger partial charge in [-0.2, -0.15) is 17.6 Å². The van der Waals surface area contributed by atoms with Gasteiger partial charge in [0, 0.05) is 29.1 Å². The third-order valence-corrected chi connectivity index (χ3v) is 6.79. The predicted molar refractivity (Wildman–Crippen MR) is 115 cm³/mol. The first-order valence-corrected chi connectivity index (χ1v) is 11.4. The van der Waals surface area contributed by atoms with Crippen LogP contribution >= 0.6 is 11.6 Å². The fraction of sp³-hybridized carbons (Fsp3) is 0.400. The Hall–Kier alpha value is -2.20. The molecule has 0 bridgehead atoms. The summed E-state index contributed by atoms with van der Waals surface area (Å²) in [7, 11) is -3.82. The van der Waals surface area contributed by atoms with E-state index < -0.39 is 10.0 Å². The summed E-state index contributed by atoms with van der Waals surface area (Å²) in [6.07, 6.45) is 3.47. The standard InChI is InChI=1S/C20H23ClN4O4S/c1-12(2)30(26,27)25-19-6-15(21)5-17(18(19)8-23-25)20-22-7-16(29-20)11-24-9-13(3)28-14(4)10-24/h5-8,13-14H,1,9-11H2,2-4H3. The number of aromatic nitrogens is 3. The highest BCUT2D eigenvalue weighted by atomic mass is 35.5. The molecule has 1 aromatic carbocycles. The molecule has 8 nitrogen and oxygen atoms in total. The van der Waals surface area contributed by atoms with E-state index in [0.29, 0.717) is 39.7 Å². The number of nitrogens with zero attached hydrogens (tertiary/aromatic N) is 4. The Labute approximate surface area is 180 Å². The van der Waals surface area contributed by atoms with Crippen LogP contribution in [0.4, 0.5) is 0 Å². The number of oxazole rings is 1. The van der Waals surface area contributed by atoms with Crippen molar-refractivity contribution in [1.29, 1.82) is 0 Å². The number of benzene rings is 1. The Balaban J connectivity index is 1.69. The van der Waals surface area contributed by atoms with E-state index in [2.05, 4.69) is 21.6 Å². The van der Waals surface area contributed by atoms with Crippen molar-refractivity contribution >= 4 is 32.5 Å². The molecule has 1 aliphatic heterocycles. The van der Waals surface area contributed by atoms with Gasteiger partial charge in [0.2, 0.25) is 5.89 Å². The monoisotopic (exact) mass is 450 g/mol. The van der Waals surface area contributed by atoms with Crippen molar-refractivity contribution in [2.45, 2.75) is 39.5 Å². The number of hydrogen-bond donors (Lipinski definition) is 0. The van der Waals surface area contributed by atoms with Crippen LogP contribution in [-0.2, 0) is 21.3 Å². The van der Waals surface area contributed by atoms with Crippen LogP contribution in [0.15, 0.2) is 40.4 Å². The molecule has 2 atom stereocenters. The zero-order valence-corrected chi connectivity index (χ0v) is 18.6. The number of rotatable bonds is 5. The molecule has 0 saturated carbocycles. The predicted octanol–water partition coefficient (Wildman–Crippen LogP) is 3.67. The summed E-state index contributed by atoms with van der Waals surface area (Å²) in [5, 5.41) is 4.98. The summed E-state index contributed by atoms with van der Waals surface area (Å²) in [5.74, 6) is 1.07. The van der Waals surface area contributed by atoms with Crippen molar-refractivity contribution in [3.05, 3.63) is 46.8 Å². The van der Waals surface area contributed by atoms with Crippen molar-refractivity contribution < 1.29 is 17.6 Å². The second-order valence-electron chi connectivity index (χ2n) is 7.66. The van der Waals surface area contributed by atoms with Gasteiger partial charge in [-0.3, -0.25) is 4.90 Å². The van der Waals surface area contributed by atoms with Crippen molar-refractivity contribution in [3.8, 4) is 11.5 Å². The van der Waals surface area contributed by atoms with E-state index in [1.807, 2.05) is 13.8 Å². The number of allylic oxidation sites excluding steroid dienone is 1. The number of hydrogen-bond acceptors (Lipinski definition) is 7. The quantitative estimate of drug-likeness (QED) is 0.585. The smallest absolute Gasteiger partial charge is 0.278 e. The van der Waals surface area contributed by atoms with Crippen molar-refractivity contribution in [2.24, 2.45) is 0 Å². The Morgan fingerprint density at radius 1 is 1.27 bits per heavy atom. The van der Waals surface area contributed by atoms with Crippen LogP contribution in [0.3, 0.4) is 0 Å². The lowest BCUT2D eigenvalue weighted by atomic mass is 10.1. The summed E-state index contributed by atoms with van der Waals surface area (Å²) in [4.78, 5) is 6.65. The van der Waals surface area contributed by atoms with E-state index in [0.717, 1.165) is 17.2 Å². The Bertz CT molecular complexity index is 1210. The minimum absolute atomic E-state index is 0.0126. The molecule has 0 N–H and O–H groups in total. The van der Waals surface area contributed by atoms with Crippen LogP contribution < -0.4 is 0 Å².